The minimum atomic E-state index is 0.00265. The van der Waals surface area contributed by atoms with Gasteiger partial charge in [0.05, 0.1) is 30.0 Å². The number of aromatic nitrogens is 1. The number of anilines is 1. The van der Waals surface area contributed by atoms with Crippen molar-refractivity contribution in [3.8, 4) is 5.75 Å². The van der Waals surface area contributed by atoms with Crippen LogP contribution in [0.4, 0.5) is 5.13 Å². The van der Waals surface area contributed by atoms with Gasteiger partial charge in [0.2, 0.25) is 0 Å². The van der Waals surface area contributed by atoms with Crippen molar-refractivity contribution in [2.24, 2.45) is 0 Å². The van der Waals surface area contributed by atoms with Gasteiger partial charge in [0.25, 0.3) is 5.91 Å². The van der Waals surface area contributed by atoms with E-state index in [4.69, 9.17) is 14.5 Å². The summed E-state index contributed by atoms with van der Waals surface area (Å²) in [6.45, 7) is 11.7. The van der Waals surface area contributed by atoms with Crippen LogP contribution < -0.4 is 9.64 Å². The maximum absolute atomic E-state index is 13.6. The number of thiazole rings is 1. The number of ether oxygens (including phenoxy) is 2. The molecule has 1 fully saturated rings. The molecule has 1 saturated heterocycles. The highest BCUT2D eigenvalue weighted by Crippen LogP contribution is 2.32. The number of morpholine rings is 1. The molecule has 2 heterocycles. The molecule has 0 saturated carbocycles. The highest BCUT2D eigenvalue weighted by atomic mass is 32.1. The predicted molar refractivity (Wildman–Crippen MR) is 130 cm³/mol. The molecule has 2 aromatic carbocycles. The van der Waals surface area contributed by atoms with Crippen molar-refractivity contribution in [1.29, 1.82) is 0 Å². The summed E-state index contributed by atoms with van der Waals surface area (Å²) < 4.78 is 12.1. The van der Waals surface area contributed by atoms with E-state index in [0.29, 0.717) is 18.7 Å². The summed E-state index contributed by atoms with van der Waals surface area (Å²) in [5, 5.41) is 0.736. The van der Waals surface area contributed by atoms with Crippen LogP contribution in [-0.4, -0.2) is 61.8 Å². The number of hydrogen-bond donors (Lipinski definition) is 0. The van der Waals surface area contributed by atoms with Crippen LogP contribution in [-0.2, 0) is 4.74 Å². The van der Waals surface area contributed by atoms with E-state index in [0.717, 1.165) is 71.5 Å². The number of rotatable bonds is 8. The number of amides is 1. The first-order valence-corrected chi connectivity index (χ1v) is 12.1. The number of hydrogen-bond acceptors (Lipinski definition) is 6. The Morgan fingerprint density at radius 1 is 1.16 bits per heavy atom. The molecule has 0 unspecified atom stereocenters. The largest absolute Gasteiger partial charge is 0.494 e. The molecular weight excluding hydrogens is 422 g/mol. The second-order valence-electron chi connectivity index (χ2n) is 8.20. The van der Waals surface area contributed by atoms with Crippen molar-refractivity contribution in [3.63, 3.8) is 0 Å². The summed E-state index contributed by atoms with van der Waals surface area (Å²) in [5.41, 5.74) is 3.78. The van der Waals surface area contributed by atoms with Gasteiger partial charge in [0, 0.05) is 31.7 Å². The Labute approximate surface area is 193 Å². The van der Waals surface area contributed by atoms with Gasteiger partial charge in [-0.15, -0.1) is 0 Å². The van der Waals surface area contributed by atoms with Crippen LogP contribution in [0.1, 0.15) is 34.8 Å². The van der Waals surface area contributed by atoms with Gasteiger partial charge in [-0.25, -0.2) is 4.98 Å². The molecule has 1 amide bonds. The third-order valence-electron chi connectivity index (χ3n) is 5.56. The number of carbonyl (C=O) groups excluding carboxylic acids is 1. The molecule has 170 valence electrons. The molecule has 0 radical (unpaired) electrons. The van der Waals surface area contributed by atoms with Crippen LogP contribution >= 0.6 is 11.3 Å². The molecule has 32 heavy (non-hydrogen) atoms. The normalized spacial score (nSPS) is 14.6. The number of nitrogens with zero attached hydrogens (tertiary/aromatic N) is 3. The van der Waals surface area contributed by atoms with E-state index in [9.17, 15) is 4.79 Å². The Hall–Kier alpha value is -2.48. The van der Waals surface area contributed by atoms with Gasteiger partial charge in [-0.05, 0) is 57.5 Å². The van der Waals surface area contributed by atoms with Crippen LogP contribution in [0.2, 0.25) is 0 Å². The molecule has 0 bridgehead atoms. The van der Waals surface area contributed by atoms with E-state index < -0.39 is 0 Å². The topological polar surface area (TPSA) is 54.9 Å². The Kier molecular flexibility index (Phi) is 7.40. The summed E-state index contributed by atoms with van der Waals surface area (Å²) in [6.07, 6.45) is 0.886. The standard InChI is InChI=1S/C25H31N3O3S/c1-4-31-21-6-7-22-23(17-21)32-25(26-22)28(9-5-8-27-10-12-30-13-11-27)24(29)20-15-18(2)14-19(3)16-20/h6-7,14-17H,4-5,8-13H2,1-3H3. The first-order chi connectivity index (χ1) is 15.5. The number of benzene rings is 2. The zero-order chi connectivity index (χ0) is 22.5. The monoisotopic (exact) mass is 453 g/mol. The lowest BCUT2D eigenvalue weighted by Gasteiger charge is -2.27. The van der Waals surface area contributed by atoms with E-state index in [1.165, 1.54) is 0 Å². The third kappa shape index (κ3) is 5.46. The molecule has 7 heteroatoms. The Bertz CT molecular complexity index is 1060. The molecular formula is C25H31N3O3S. The van der Waals surface area contributed by atoms with Gasteiger partial charge in [-0.1, -0.05) is 28.5 Å². The van der Waals surface area contributed by atoms with Crippen molar-refractivity contribution in [2.45, 2.75) is 27.2 Å². The first kappa shape index (κ1) is 22.7. The van der Waals surface area contributed by atoms with Gasteiger partial charge < -0.3 is 9.47 Å². The molecule has 0 spiro atoms. The summed E-state index contributed by atoms with van der Waals surface area (Å²) in [7, 11) is 0. The summed E-state index contributed by atoms with van der Waals surface area (Å²) in [6, 6.07) is 11.9. The number of fused-ring (bicyclic) bond motifs is 1. The summed E-state index contributed by atoms with van der Waals surface area (Å²) in [5.74, 6) is 0.831. The fourth-order valence-electron chi connectivity index (χ4n) is 4.08. The lowest BCUT2D eigenvalue weighted by atomic mass is 10.1. The van der Waals surface area contributed by atoms with Crippen molar-refractivity contribution >= 4 is 32.6 Å². The molecule has 1 aromatic heterocycles. The second kappa shape index (κ2) is 10.4. The number of carbonyl (C=O) groups is 1. The van der Waals surface area contributed by atoms with Crippen molar-refractivity contribution < 1.29 is 14.3 Å². The Morgan fingerprint density at radius 3 is 2.62 bits per heavy atom. The van der Waals surface area contributed by atoms with E-state index in [2.05, 4.69) is 11.0 Å². The van der Waals surface area contributed by atoms with Crippen LogP contribution in [0.25, 0.3) is 10.2 Å². The summed E-state index contributed by atoms with van der Waals surface area (Å²) >= 11 is 1.54. The average Bonchev–Trinajstić information content (AvgIpc) is 3.19. The molecule has 0 N–H and O–H groups in total. The number of aryl methyl sites for hydroxylation is 2. The molecule has 6 nitrogen and oxygen atoms in total. The molecule has 0 atom stereocenters. The molecule has 1 aliphatic heterocycles. The van der Waals surface area contributed by atoms with E-state index in [1.807, 2.05) is 56.0 Å². The third-order valence-corrected chi connectivity index (χ3v) is 6.61. The SMILES string of the molecule is CCOc1ccc2nc(N(CCCN3CCOCC3)C(=O)c3cc(C)cc(C)c3)sc2c1. The van der Waals surface area contributed by atoms with E-state index in [1.54, 1.807) is 11.3 Å². The van der Waals surface area contributed by atoms with Gasteiger partial charge >= 0.3 is 0 Å². The highest BCUT2D eigenvalue weighted by Gasteiger charge is 2.22. The van der Waals surface area contributed by atoms with Crippen molar-refractivity contribution in [2.75, 3.05) is 50.9 Å². The molecule has 1 aliphatic rings. The van der Waals surface area contributed by atoms with E-state index >= 15 is 0 Å². The Balaban J connectivity index is 1.60. The van der Waals surface area contributed by atoms with Crippen molar-refractivity contribution in [3.05, 3.63) is 53.1 Å². The molecule has 0 aliphatic carbocycles. The van der Waals surface area contributed by atoms with Gasteiger partial charge in [-0.3, -0.25) is 14.6 Å². The summed E-state index contributed by atoms with van der Waals surface area (Å²) in [4.78, 5) is 22.7. The maximum Gasteiger partial charge on any atom is 0.260 e. The van der Waals surface area contributed by atoms with Crippen LogP contribution in [0.15, 0.2) is 36.4 Å². The average molecular weight is 454 g/mol. The van der Waals surface area contributed by atoms with Crippen LogP contribution in [0, 0.1) is 13.8 Å². The van der Waals surface area contributed by atoms with Crippen molar-refractivity contribution in [1.82, 2.24) is 9.88 Å². The Morgan fingerprint density at radius 2 is 1.91 bits per heavy atom. The minimum absolute atomic E-state index is 0.00265. The quantitative estimate of drug-likeness (QED) is 0.496. The zero-order valence-electron chi connectivity index (χ0n) is 19.1. The second-order valence-corrected chi connectivity index (χ2v) is 9.21. The highest BCUT2D eigenvalue weighted by molar-refractivity contribution is 7.22. The lowest BCUT2D eigenvalue weighted by molar-refractivity contribution is 0.0376. The smallest absolute Gasteiger partial charge is 0.260 e. The molecule has 4 rings (SSSR count). The maximum atomic E-state index is 13.6. The predicted octanol–water partition coefficient (Wildman–Crippen LogP) is 4.68. The first-order valence-electron chi connectivity index (χ1n) is 11.3. The fourth-order valence-corrected chi connectivity index (χ4v) is 5.10. The van der Waals surface area contributed by atoms with Gasteiger partial charge in [0.15, 0.2) is 5.13 Å². The molecule has 3 aromatic rings. The van der Waals surface area contributed by atoms with Gasteiger partial charge in [0.1, 0.15) is 5.75 Å². The lowest BCUT2D eigenvalue weighted by Crippen LogP contribution is -2.39. The fraction of sp³-hybridized carbons (Fsp3) is 0.440. The van der Waals surface area contributed by atoms with Gasteiger partial charge in [-0.2, -0.15) is 0 Å². The zero-order valence-corrected chi connectivity index (χ0v) is 19.9. The minimum Gasteiger partial charge on any atom is -0.494 e. The van der Waals surface area contributed by atoms with E-state index in [-0.39, 0.29) is 5.91 Å². The van der Waals surface area contributed by atoms with Crippen LogP contribution in [0.3, 0.4) is 0 Å². The van der Waals surface area contributed by atoms with Crippen LogP contribution in [0.5, 0.6) is 5.75 Å².